The summed E-state index contributed by atoms with van der Waals surface area (Å²) >= 11 is 0. The highest BCUT2D eigenvalue weighted by atomic mass is 16.7. The molecule has 180 valence electrons. The van der Waals surface area contributed by atoms with E-state index < -0.39 is 37.3 Å². The molecule has 6 atom stereocenters. The number of rotatable bonds is 3. The van der Waals surface area contributed by atoms with E-state index in [0.717, 1.165) is 31.2 Å². The van der Waals surface area contributed by atoms with Crippen molar-refractivity contribution < 1.29 is 39.7 Å². The molecule has 8 nitrogen and oxygen atoms in total. The Morgan fingerprint density at radius 1 is 0.818 bits per heavy atom. The molecule has 2 unspecified atom stereocenters. The van der Waals surface area contributed by atoms with Crippen LogP contribution in [0.2, 0.25) is 0 Å². The van der Waals surface area contributed by atoms with Gasteiger partial charge < -0.3 is 39.7 Å². The second-order valence-electron chi connectivity index (χ2n) is 8.78. The van der Waals surface area contributed by atoms with Crippen LogP contribution in [0.15, 0.2) is 42.5 Å². The zero-order valence-corrected chi connectivity index (χ0v) is 18.4. The van der Waals surface area contributed by atoms with Crippen LogP contribution in [0.25, 0.3) is 0 Å². The minimum Gasteiger partial charge on any atom is -0.458 e. The summed E-state index contributed by atoms with van der Waals surface area (Å²) in [5.41, 5.74) is 2.15. The third kappa shape index (κ3) is 5.84. The average molecular weight is 461 g/mol. The Kier molecular flexibility index (Phi) is 7.85. The van der Waals surface area contributed by atoms with Crippen LogP contribution in [0, 0.1) is 0 Å². The highest BCUT2D eigenvalue weighted by molar-refractivity contribution is 5.46. The van der Waals surface area contributed by atoms with Crippen molar-refractivity contribution in [3.8, 4) is 17.2 Å². The van der Waals surface area contributed by atoms with Crippen LogP contribution < -0.4 is 9.47 Å². The third-order valence-corrected chi connectivity index (χ3v) is 6.27. The van der Waals surface area contributed by atoms with E-state index >= 15 is 0 Å². The zero-order valence-electron chi connectivity index (χ0n) is 18.4. The van der Waals surface area contributed by atoms with E-state index in [-0.39, 0.29) is 11.9 Å². The van der Waals surface area contributed by atoms with Gasteiger partial charge in [0.15, 0.2) is 11.5 Å². The molecule has 0 radical (unpaired) electrons. The topological polar surface area (TPSA) is 129 Å². The Hall–Kier alpha value is -2.20. The van der Waals surface area contributed by atoms with E-state index in [4.69, 9.17) is 14.2 Å². The van der Waals surface area contributed by atoms with E-state index in [0.29, 0.717) is 24.3 Å². The molecule has 5 N–H and O–H groups in total. The standard InChI is InChI=1S/C25H32O8/c26-14-21-22(28)23(29)24(30)25(33-21)32-19-12-8-16-5-9-17(27)4-2-1-3-15-6-10-18(11-7-15)31-20(19)13-16/h6-8,10-13,17,21-30H,1-5,9,14H2/t17-,21?,22+,23+,24?,25-/m1/s1. The van der Waals surface area contributed by atoms with Crippen LogP contribution >= 0.6 is 0 Å². The van der Waals surface area contributed by atoms with Crippen LogP contribution in [0.5, 0.6) is 17.2 Å². The molecule has 3 aliphatic rings. The van der Waals surface area contributed by atoms with Crippen LogP contribution in [0.4, 0.5) is 0 Å². The summed E-state index contributed by atoms with van der Waals surface area (Å²) in [6.45, 7) is -0.540. The SMILES string of the molecule is OCC1O[C@@H](Oc2ccc3cc2Oc2ccc(cc2)CCCC[C@@H](O)CC3)C(O)[C@@H](O)[C@H]1O. The lowest BCUT2D eigenvalue weighted by Crippen LogP contribution is -2.60. The van der Waals surface area contributed by atoms with Gasteiger partial charge in [0.25, 0.3) is 0 Å². The maximum atomic E-state index is 10.3. The maximum Gasteiger partial charge on any atom is 0.229 e. The summed E-state index contributed by atoms with van der Waals surface area (Å²) in [5.74, 6) is 1.28. The molecule has 3 aliphatic heterocycles. The number of hydrogen-bond acceptors (Lipinski definition) is 8. The van der Waals surface area contributed by atoms with Crippen molar-refractivity contribution >= 4 is 0 Å². The summed E-state index contributed by atoms with van der Waals surface area (Å²) in [4.78, 5) is 0. The largest absolute Gasteiger partial charge is 0.458 e. The average Bonchev–Trinajstić information content (AvgIpc) is 2.83. The van der Waals surface area contributed by atoms with E-state index in [1.807, 2.05) is 36.4 Å². The van der Waals surface area contributed by atoms with Crippen LogP contribution in [-0.2, 0) is 17.6 Å². The fourth-order valence-electron chi connectivity index (χ4n) is 4.21. The van der Waals surface area contributed by atoms with E-state index in [9.17, 15) is 25.5 Å². The molecule has 0 amide bonds. The Labute approximate surface area is 193 Å². The molecular formula is C25H32O8. The molecule has 1 saturated heterocycles. The quantitative estimate of drug-likeness (QED) is 0.468. The van der Waals surface area contributed by atoms with Gasteiger partial charge in [-0.25, -0.2) is 0 Å². The Morgan fingerprint density at radius 2 is 1.58 bits per heavy atom. The Morgan fingerprint density at radius 3 is 2.33 bits per heavy atom. The molecule has 8 heteroatoms. The summed E-state index contributed by atoms with van der Waals surface area (Å²) < 4.78 is 17.4. The lowest BCUT2D eigenvalue weighted by Gasteiger charge is -2.39. The number of ether oxygens (including phenoxy) is 3. The van der Waals surface area contributed by atoms with Crippen LogP contribution in [-0.4, -0.2) is 68.9 Å². The number of fused-ring (bicyclic) bond motifs is 8. The number of aliphatic hydroxyl groups is 5. The Balaban J connectivity index is 1.60. The first-order chi connectivity index (χ1) is 15.9. The van der Waals surface area contributed by atoms with Gasteiger partial charge in [-0.05, 0) is 67.5 Å². The van der Waals surface area contributed by atoms with Gasteiger partial charge in [0.05, 0.1) is 12.7 Å². The van der Waals surface area contributed by atoms with Gasteiger partial charge in [0.2, 0.25) is 6.29 Å². The molecule has 1 fully saturated rings. The molecular weight excluding hydrogens is 428 g/mol. The molecule has 5 rings (SSSR count). The fraction of sp³-hybridized carbons (Fsp3) is 0.520. The van der Waals surface area contributed by atoms with Gasteiger partial charge in [-0.1, -0.05) is 24.6 Å². The molecule has 0 spiro atoms. The second kappa shape index (κ2) is 10.8. The molecule has 0 aliphatic carbocycles. The molecule has 2 aromatic carbocycles. The first-order valence-corrected chi connectivity index (χ1v) is 11.5. The number of hydrogen-bond donors (Lipinski definition) is 5. The summed E-state index contributed by atoms with van der Waals surface area (Å²) in [6.07, 6.45) is -2.29. The molecule has 0 saturated carbocycles. The van der Waals surface area contributed by atoms with Crippen molar-refractivity contribution in [1.82, 2.24) is 0 Å². The van der Waals surface area contributed by atoms with E-state index in [2.05, 4.69) is 0 Å². The number of aliphatic hydroxyl groups excluding tert-OH is 5. The van der Waals surface area contributed by atoms with Crippen molar-refractivity contribution in [1.29, 1.82) is 0 Å². The minimum atomic E-state index is -1.53. The van der Waals surface area contributed by atoms with Gasteiger partial charge in [-0.3, -0.25) is 0 Å². The lowest BCUT2D eigenvalue weighted by molar-refractivity contribution is -0.277. The summed E-state index contributed by atoms with van der Waals surface area (Å²) in [5, 5.41) is 50.2. The monoisotopic (exact) mass is 460 g/mol. The molecule has 33 heavy (non-hydrogen) atoms. The van der Waals surface area contributed by atoms with E-state index in [1.54, 1.807) is 6.07 Å². The smallest absolute Gasteiger partial charge is 0.229 e. The first kappa shape index (κ1) is 23.9. The lowest BCUT2D eigenvalue weighted by atomic mass is 9.99. The van der Waals surface area contributed by atoms with Gasteiger partial charge in [0, 0.05) is 0 Å². The molecule has 0 aromatic heterocycles. The third-order valence-electron chi connectivity index (χ3n) is 6.27. The van der Waals surface area contributed by atoms with Crippen LogP contribution in [0.3, 0.4) is 0 Å². The second-order valence-corrected chi connectivity index (χ2v) is 8.78. The van der Waals surface area contributed by atoms with Crippen molar-refractivity contribution in [3.05, 3.63) is 53.6 Å². The predicted octanol–water partition coefficient (Wildman–Crippen LogP) is 1.68. The molecule has 2 aromatic rings. The maximum absolute atomic E-state index is 10.3. The zero-order chi connectivity index (χ0) is 23.4. The minimum absolute atomic E-state index is 0.275. The fourth-order valence-corrected chi connectivity index (χ4v) is 4.21. The molecule has 3 heterocycles. The van der Waals surface area contributed by atoms with Gasteiger partial charge >= 0.3 is 0 Å². The normalized spacial score (nSPS) is 30.7. The summed E-state index contributed by atoms with van der Waals surface area (Å²) in [7, 11) is 0. The Bertz CT molecular complexity index is 900. The predicted molar refractivity (Wildman–Crippen MR) is 119 cm³/mol. The van der Waals surface area contributed by atoms with Gasteiger partial charge in [0.1, 0.15) is 30.2 Å². The van der Waals surface area contributed by atoms with E-state index in [1.165, 1.54) is 5.56 Å². The van der Waals surface area contributed by atoms with Gasteiger partial charge in [-0.15, -0.1) is 0 Å². The van der Waals surface area contributed by atoms with Crippen molar-refractivity contribution in [2.75, 3.05) is 6.61 Å². The summed E-state index contributed by atoms with van der Waals surface area (Å²) in [6, 6.07) is 13.1. The van der Waals surface area contributed by atoms with Crippen molar-refractivity contribution in [2.24, 2.45) is 0 Å². The molecule has 4 bridgehead atoms. The van der Waals surface area contributed by atoms with Gasteiger partial charge in [-0.2, -0.15) is 0 Å². The highest BCUT2D eigenvalue weighted by Crippen LogP contribution is 2.36. The van der Waals surface area contributed by atoms with Crippen molar-refractivity contribution in [3.63, 3.8) is 0 Å². The van der Waals surface area contributed by atoms with Crippen LogP contribution in [0.1, 0.15) is 36.8 Å². The highest BCUT2D eigenvalue weighted by Gasteiger charge is 2.45. The van der Waals surface area contributed by atoms with Crippen molar-refractivity contribution in [2.45, 2.75) is 75.3 Å². The number of benzene rings is 2. The number of aryl methyl sites for hydroxylation is 2. The first-order valence-electron chi connectivity index (χ1n) is 11.5.